The van der Waals surface area contributed by atoms with E-state index in [1.807, 2.05) is 17.0 Å². The fraction of sp³-hybridized carbons (Fsp3) is 0.350. The molecule has 2 aliphatic heterocycles. The molecule has 0 unspecified atom stereocenters. The average Bonchev–Trinajstić information content (AvgIpc) is 3.11. The number of ether oxygens (including phenoxy) is 2. The van der Waals surface area contributed by atoms with E-state index < -0.39 is 0 Å². The number of quaternary nitrogens is 1. The zero-order valence-corrected chi connectivity index (χ0v) is 14.5. The largest absolute Gasteiger partial charge is 0.454 e. The molecule has 1 saturated heterocycles. The average molecular weight is 339 g/mol. The highest BCUT2D eigenvalue weighted by atomic mass is 16.7. The number of fused-ring (bicyclic) bond motifs is 1. The van der Waals surface area contributed by atoms with Crippen molar-refractivity contribution >= 4 is 5.91 Å². The molecule has 4 rings (SSSR count). The van der Waals surface area contributed by atoms with E-state index >= 15 is 0 Å². The molecule has 25 heavy (non-hydrogen) atoms. The zero-order chi connectivity index (χ0) is 17.2. The minimum atomic E-state index is 0.0771. The maximum absolute atomic E-state index is 12.7. The van der Waals surface area contributed by atoms with Gasteiger partial charge in [-0.1, -0.05) is 24.3 Å². The lowest BCUT2D eigenvalue weighted by Crippen LogP contribution is -3.13. The molecule has 0 saturated carbocycles. The second kappa shape index (κ2) is 6.76. The Morgan fingerprint density at radius 2 is 1.84 bits per heavy atom. The number of benzene rings is 2. The van der Waals surface area contributed by atoms with E-state index in [1.165, 1.54) is 16.0 Å². The van der Waals surface area contributed by atoms with Gasteiger partial charge in [0.05, 0.1) is 26.2 Å². The molecular formula is C20H23N2O3+. The van der Waals surface area contributed by atoms with Gasteiger partial charge in [-0.15, -0.1) is 0 Å². The first-order valence-electron chi connectivity index (χ1n) is 8.78. The van der Waals surface area contributed by atoms with Gasteiger partial charge in [-0.2, -0.15) is 0 Å². The van der Waals surface area contributed by atoms with Crippen molar-refractivity contribution in [1.82, 2.24) is 4.90 Å². The molecule has 0 aromatic heterocycles. The lowest BCUT2D eigenvalue weighted by Gasteiger charge is -2.32. The van der Waals surface area contributed by atoms with Crippen LogP contribution in [0.1, 0.15) is 21.5 Å². The topological polar surface area (TPSA) is 43.2 Å². The maximum atomic E-state index is 12.7. The number of carbonyl (C=O) groups excluding carboxylic acids is 1. The van der Waals surface area contributed by atoms with Crippen molar-refractivity contribution in [3.05, 3.63) is 59.2 Å². The van der Waals surface area contributed by atoms with Crippen LogP contribution in [0.5, 0.6) is 11.5 Å². The van der Waals surface area contributed by atoms with Crippen molar-refractivity contribution in [2.45, 2.75) is 13.5 Å². The second-order valence-electron chi connectivity index (χ2n) is 6.71. The first-order chi connectivity index (χ1) is 12.2. The molecule has 0 spiro atoms. The predicted molar refractivity (Wildman–Crippen MR) is 94.0 cm³/mol. The molecule has 5 heteroatoms. The quantitative estimate of drug-likeness (QED) is 0.916. The molecule has 2 heterocycles. The Balaban J connectivity index is 1.37. The molecule has 2 aliphatic rings. The molecule has 1 fully saturated rings. The Hall–Kier alpha value is -2.53. The summed E-state index contributed by atoms with van der Waals surface area (Å²) in [5, 5.41) is 0. The molecule has 5 nitrogen and oxygen atoms in total. The summed E-state index contributed by atoms with van der Waals surface area (Å²) >= 11 is 0. The Kier molecular flexibility index (Phi) is 4.32. The van der Waals surface area contributed by atoms with Crippen molar-refractivity contribution in [2.24, 2.45) is 0 Å². The Morgan fingerprint density at radius 1 is 1.08 bits per heavy atom. The standard InChI is InChI=1S/C20H22N2O3/c1-15-4-2-3-5-17(15)13-21-8-10-22(11-9-21)20(23)16-6-7-18-19(12-16)25-14-24-18/h2-7,12H,8-11,13-14H2,1H3/p+1. The third-order valence-corrected chi connectivity index (χ3v) is 5.08. The summed E-state index contributed by atoms with van der Waals surface area (Å²) in [7, 11) is 0. The number of amides is 1. The Labute approximate surface area is 147 Å². The third-order valence-electron chi connectivity index (χ3n) is 5.08. The van der Waals surface area contributed by atoms with Crippen molar-refractivity contribution in [3.63, 3.8) is 0 Å². The van der Waals surface area contributed by atoms with Gasteiger partial charge in [0.15, 0.2) is 11.5 Å². The van der Waals surface area contributed by atoms with Crippen LogP contribution in [0, 0.1) is 6.92 Å². The summed E-state index contributed by atoms with van der Waals surface area (Å²) in [5.74, 6) is 1.45. The Bertz CT molecular complexity index is 782. The lowest BCUT2D eigenvalue weighted by molar-refractivity contribution is -0.917. The van der Waals surface area contributed by atoms with Crippen LogP contribution in [-0.2, 0) is 6.54 Å². The molecule has 0 aliphatic carbocycles. The van der Waals surface area contributed by atoms with E-state index in [0.717, 1.165) is 32.7 Å². The number of nitrogens with zero attached hydrogens (tertiary/aromatic N) is 1. The van der Waals surface area contributed by atoms with Gasteiger partial charge in [0.1, 0.15) is 6.54 Å². The number of aryl methyl sites for hydroxylation is 1. The molecular weight excluding hydrogens is 316 g/mol. The second-order valence-corrected chi connectivity index (χ2v) is 6.71. The summed E-state index contributed by atoms with van der Waals surface area (Å²) in [6.45, 7) is 6.94. The SMILES string of the molecule is Cc1ccccc1C[NH+]1CCN(C(=O)c2ccc3c(c2)OCO3)CC1. The van der Waals surface area contributed by atoms with Gasteiger partial charge < -0.3 is 19.3 Å². The molecule has 2 aromatic rings. The number of hydrogen-bond donors (Lipinski definition) is 1. The highest BCUT2D eigenvalue weighted by Gasteiger charge is 2.26. The number of rotatable bonds is 3. The van der Waals surface area contributed by atoms with E-state index in [0.29, 0.717) is 17.1 Å². The van der Waals surface area contributed by atoms with Crippen LogP contribution in [-0.4, -0.2) is 43.8 Å². The number of piperazine rings is 1. The van der Waals surface area contributed by atoms with Gasteiger partial charge in [-0.25, -0.2) is 0 Å². The predicted octanol–water partition coefficient (Wildman–Crippen LogP) is 1.26. The van der Waals surface area contributed by atoms with Gasteiger partial charge in [0, 0.05) is 11.1 Å². The van der Waals surface area contributed by atoms with Gasteiger partial charge in [0.2, 0.25) is 6.79 Å². The summed E-state index contributed by atoms with van der Waals surface area (Å²) in [5.41, 5.74) is 3.41. The zero-order valence-electron chi connectivity index (χ0n) is 14.5. The fourth-order valence-corrected chi connectivity index (χ4v) is 3.49. The van der Waals surface area contributed by atoms with Crippen LogP contribution in [0.25, 0.3) is 0 Å². The number of hydrogen-bond acceptors (Lipinski definition) is 3. The fourth-order valence-electron chi connectivity index (χ4n) is 3.49. The smallest absolute Gasteiger partial charge is 0.254 e. The van der Waals surface area contributed by atoms with Gasteiger partial charge in [0.25, 0.3) is 5.91 Å². The first kappa shape index (κ1) is 16.0. The van der Waals surface area contributed by atoms with Crippen molar-refractivity contribution in [3.8, 4) is 11.5 Å². The molecule has 2 aromatic carbocycles. The van der Waals surface area contributed by atoms with E-state index in [4.69, 9.17) is 9.47 Å². The van der Waals surface area contributed by atoms with Crippen LogP contribution < -0.4 is 14.4 Å². The van der Waals surface area contributed by atoms with Gasteiger partial charge in [-0.3, -0.25) is 4.79 Å². The molecule has 0 atom stereocenters. The normalized spacial score (nSPS) is 16.9. The molecule has 0 bridgehead atoms. The van der Waals surface area contributed by atoms with E-state index in [2.05, 4.69) is 31.2 Å². The minimum absolute atomic E-state index is 0.0771. The van der Waals surface area contributed by atoms with Crippen LogP contribution in [0.4, 0.5) is 0 Å². The Morgan fingerprint density at radius 3 is 2.64 bits per heavy atom. The van der Waals surface area contributed by atoms with E-state index in [-0.39, 0.29) is 12.7 Å². The highest BCUT2D eigenvalue weighted by molar-refractivity contribution is 5.95. The first-order valence-corrected chi connectivity index (χ1v) is 8.78. The van der Waals surface area contributed by atoms with Crippen LogP contribution in [0.15, 0.2) is 42.5 Å². The van der Waals surface area contributed by atoms with Crippen LogP contribution in [0.2, 0.25) is 0 Å². The maximum Gasteiger partial charge on any atom is 0.254 e. The summed E-state index contributed by atoms with van der Waals surface area (Å²) in [4.78, 5) is 16.2. The van der Waals surface area contributed by atoms with Crippen molar-refractivity contribution in [2.75, 3.05) is 33.0 Å². The summed E-state index contributed by atoms with van der Waals surface area (Å²) in [6, 6.07) is 14.0. The van der Waals surface area contributed by atoms with Gasteiger partial charge in [-0.05, 0) is 30.7 Å². The monoisotopic (exact) mass is 339 g/mol. The molecule has 0 radical (unpaired) electrons. The lowest BCUT2D eigenvalue weighted by atomic mass is 10.1. The van der Waals surface area contributed by atoms with E-state index in [9.17, 15) is 4.79 Å². The number of carbonyl (C=O) groups is 1. The van der Waals surface area contributed by atoms with Crippen LogP contribution in [0.3, 0.4) is 0 Å². The molecule has 130 valence electrons. The van der Waals surface area contributed by atoms with Crippen LogP contribution >= 0.6 is 0 Å². The van der Waals surface area contributed by atoms with E-state index in [1.54, 1.807) is 6.07 Å². The third kappa shape index (κ3) is 3.33. The van der Waals surface area contributed by atoms with Crippen molar-refractivity contribution < 1.29 is 19.2 Å². The summed E-state index contributed by atoms with van der Waals surface area (Å²) < 4.78 is 10.7. The van der Waals surface area contributed by atoms with Gasteiger partial charge >= 0.3 is 0 Å². The minimum Gasteiger partial charge on any atom is -0.454 e. The summed E-state index contributed by atoms with van der Waals surface area (Å²) in [6.07, 6.45) is 0. The molecule has 1 N–H and O–H groups in total. The van der Waals surface area contributed by atoms with Crippen molar-refractivity contribution in [1.29, 1.82) is 0 Å². The molecule has 1 amide bonds. The number of nitrogens with one attached hydrogen (secondary N) is 1. The highest BCUT2D eigenvalue weighted by Crippen LogP contribution is 2.32.